The third-order valence-corrected chi connectivity index (χ3v) is 7.99. The normalized spacial score (nSPS) is 22.3. The smallest absolute Gasteiger partial charge is 0.264 e. The van der Waals surface area contributed by atoms with Crippen LogP contribution in [-0.2, 0) is 4.79 Å². The summed E-state index contributed by atoms with van der Waals surface area (Å²) in [5.41, 5.74) is 5.47. The van der Waals surface area contributed by atoms with E-state index in [0.29, 0.717) is 37.8 Å². The largest absolute Gasteiger partial charge is 0.364 e. The number of anilines is 1. The topological polar surface area (TPSA) is 44.7 Å². The van der Waals surface area contributed by atoms with Crippen LogP contribution in [0.25, 0.3) is 6.08 Å². The molecule has 0 aromatic heterocycles. The average Bonchev–Trinajstić information content (AvgIpc) is 3.04. The van der Waals surface area contributed by atoms with Gasteiger partial charge in [-0.15, -0.1) is 0 Å². The molecule has 0 bridgehead atoms. The van der Waals surface area contributed by atoms with Gasteiger partial charge in [-0.05, 0) is 106 Å². The van der Waals surface area contributed by atoms with Gasteiger partial charge in [0, 0.05) is 17.3 Å². The summed E-state index contributed by atoms with van der Waals surface area (Å²) >= 11 is 13.7. The van der Waals surface area contributed by atoms with Gasteiger partial charge < -0.3 is 10.2 Å². The van der Waals surface area contributed by atoms with Crippen molar-refractivity contribution in [2.24, 2.45) is 4.99 Å². The van der Waals surface area contributed by atoms with Gasteiger partial charge in [-0.25, -0.2) is 4.99 Å². The number of aliphatic imine (C=N–C) groups is 1. The molecule has 7 heteroatoms. The fraction of sp³-hybridized carbons (Fsp3) is 0.385. The van der Waals surface area contributed by atoms with Crippen molar-refractivity contribution in [1.82, 2.24) is 5.32 Å². The molecule has 1 atom stereocenters. The molecule has 4 nitrogen and oxygen atoms in total. The minimum absolute atomic E-state index is 0.0984. The van der Waals surface area contributed by atoms with E-state index in [4.69, 9.17) is 23.2 Å². The summed E-state index contributed by atoms with van der Waals surface area (Å²) in [5.74, 6) is 0.280. The molecule has 0 spiro atoms. The van der Waals surface area contributed by atoms with E-state index < -0.39 is 0 Å². The van der Waals surface area contributed by atoms with Crippen molar-refractivity contribution >= 4 is 63.5 Å². The number of amides is 1. The molecule has 1 N–H and O–H groups in total. The lowest BCUT2D eigenvalue weighted by atomic mass is 9.78. The fourth-order valence-corrected chi connectivity index (χ4v) is 6.22. The lowest BCUT2D eigenvalue weighted by molar-refractivity contribution is -0.115. The van der Waals surface area contributed by atoms with Gasteiger partial charge in [0.25, 0.3) is 5.91 Å². The molecule has 1 saturated heterocycles. The van der Waals surface area contributed by atoms with Crippen molar-refractivity contribution < 1.29 is 4.79 Å². The monoisotopic (exact) mass is 501 g/mol. The summed E-state index contributed by atoms with van der Waals surface area (Å²) in [6.07, 6.45) is 3.05. The average molecular weight is 503 g/mol. The van der Waals surface area contributed by atoms with E-state index in [1.807, 2.05) is 6.08 Å². The number of nitrogens with one attached hydrogen (secondary N) is 1. The van der Waals surface area contributed by atoms with E-state index in [2.05, 4.69) is 68.9 Å². The van der Waals surface area contributed by atoms with Crippen LogP contribution in [0.1, 0.15) is 63.6 Å². The number of amidine groups is 1. The molecule has 2 aliphatic rings. The number of thioether (sulfide) groups is 1. The van der Waals surface area contributed by atoms with Gasteiger partial charge in [0.05, 0.1) is 20.6 Å². The second-order valence-electron chi connectivity index (χ2n) is 9.70. The Labute approximate surface area is 210 Å². The van der Waals surface area contributed by atoms with Crippen molar-refractivity contribution in [2.45, 2.75) is 65.5 Å². The lowest BCUT2D eigenvalue weighted by Gasteiger charge is -2.50. The van der Waals surface area contributed by atoms with Gasteiger partial charge in [0.1, 0.15) is 0 Å². The van der Waals surface area contributed by atoms with Crippen LogP contribution in [0.2, 0.25) is 10.0 Å². The highest BCUT2D eigenvalue weighted by Crippen LogP contribution is 2.46. The minimum atomic E-state index is -0.160. The molecule has 0 aliphatic carbocycles. The predicted octanol–water partition coefficient (Wildman–Crippen LogP) is 7.69. The predicted molar refractivity (Wildman–Crippen MR) is 143 cm³/mol. The molecule has 1 fully saturated rings. The highest BCUT2D eigenvalue weighted by atomic mass is 35.5. The summed E-state index contributed by atoms with van der Waals surface area (Å²) in [4.78, 5) is 20.3. The third kappa shape index (κ3) is 4.68. The van der Waals surface area contributed by atoms with Crippen LogP contribution in [-0.4, -0.2) is 22.7 Å². The molecule has 2 aliphatic heterocycles. The van der Waals surface area contributed by atoms with Crippen molar-refractivity contribution in [3.8, 4) is 0 Å². The number of carbonyl (C=O) groups is 1. The second-order valence-corrected chi connectivity index (χ2v) is 11.5. The summed E-state index contributed by atoms with van der Waals surface area (Å²) in [7, 11) is 0. The maximum Gasteiger partial charge on any atom is 0.264 e. The second kappa shape index (κ2) is 9.01. The number of carbonyl (C=O) groups excluding carboxylic acids is 1. The molecular weight excluding hydrogens is 473 g/mol. The number of rotatable bonds is 3. The number of hydrogen-bond acceptors (Lipinski definition) is 4. The molecule has 2 aromatic rings. The number of benzene rings is 2. The number of halogens is 2. The van der Waals surface area contributed by atoms with Crippen molar-refractivity contribution in [1.29, 1.82) is 0 Å². The molecular formula is C26H29Cl2N3OS. The van der Waals surface area contributed by atoms with Crippen LogP contribution < -0.4 is 10.2 Å². The number of aryl methyl sites for hydroxylation is 1. The van der Waals surface area contributed by atoms with Crippen LogP contribution in [0, 0.1) is 6.92 Å². The zero-order valence-electron chi connectivity index (χ0n) is 19.8. The SMILES string of the molecule is Cc1cc2c(cc1/C=C1\SC(=Nc3cccc(Cl)c3Cl)NC1=O)[C@H](C)CC(C)(C)N2C(C)C. The fourth-order valence-electron chi connectivity index (χ4n) is 5.06. The molecule has 0 unspecified atom stereocenters. The van der Waals surface area contributed by atoms with E-state index in [1.54, 1.807) is 18.2 Å². The van der Waals surface area contributed by atoms with Gasteiger partial charge in [-0.1, -0.05) is 36.2 Å². The van der Waals surface area contributed by atoms with E-state index in [0.717, 1.165) is 17.5 Å². The van der Waals surface area contributed by atoms with Gasteiger partial charge in [0.2, 0.25) is 0 Å². The van der Waals surface area contributed by atoms with Gasteiger partial charge in [-0.3, -0.25) is 4.79 Å². The van der Waals surface area contributed by atoms with E-state index >= 15 is 0 Å². The molecule has 2 heterocycles. The van der Waals surface area contributed by atoms with Crippen LogP contribution in [0.3, 0.4) is 0 Å². The molecule has 174 valence electrons. The standard InChI is InChI=1S/C26H29Cl2N3OS/c1-14(2)31-21-10-15(3)17(11-18(21)16(4)13-26(31,5)6)12-22-24(32)30-25(33-22)29-20-9-7-8-19(27)23(20)28/h7-12,14,16H,13H2,1-6H3,(H,29,30,32)/b22-12-/t16-/m1/s1. The number of hydrogen-bond donors (Lipinski definition) is 1. The van der Waals surface area contributed by atoms with Crippen LogP contribution >= 0.6 is 35.0 Å². The Morgan fingerprint density at radius 2 is 2.00 bits per heavy atom. The summed E-state index contributed by atoms with van der Waals surface area (Å²) < 4.78 is 0. The number of fused-ring (bicyclic) bond motifs is 1. The Morgan fingerprint density at radius 3 is 2.70 bits per heavy atom. The first-order chi connectivity index (χ1) is 15.5. The Balaban J connectivity index is 1.69. The summed E-state index contributed by atoms with van der Waals surface area (Å²) in [6.45, 7) is 13.5. The van der Waals surface area contributed by atoms with Crippen LogP contribution in [0.5, 0.6) is 0 Å². The highest BCUT2D eigenvalue weighted by molar-refractivity contribution is 8.18. The Hall–Kier alpha value is -1.95. The van der Waals surface area contributed by atoms with E-state index in [1.165, 1.54) is 23.0 Å². The Kier molecular flexibility index (Phi) is 6.60. The maximum atomic E-state index is 12.7. The van der Waals surface area contributed by atoms with Crippen LogP contribution in [0.4, 0.5) is 11.4 Å². The zero-order valence-corrected chi connectivity index (χ0v) is 22.1. The van der Waals surface area contributed by atoms with Crippen molar-refractivity contribution in [3.63, 3.8) is 0 Å². The van der Waals surface area contributed by atoms with Crippen LogP contribution in [0.15, 0.2) is 40.2 Å². The molecule has 33 heavy (non-hydrogen) atoms. The molecule has 4 rings (SSSR count). The molecule has 2 aromatic carbocycles. The van der Waals surface area contributed by atoms with Gasteiger partial charge in [0.15, 0.2) is 5.17 Å². The zero-order chi connectivity index (χ0) is 24.1. The van der Waals surface area contributed by atoms with Gasteiger partial charge in [-0.2, -0.15) is 0 Å². The maximum absolute atomic E-state index is 12.7. The first-order valence-electron chi connectivity index (χ1n) is 11.2. The Morgan fingerprint density at radius 1 is 1.27 bits per heavy atom. The lowest BCUT2D eigenvalue weighted by Crippen LogP contribution is -2.51. The summed E-state index contributed by atoms with van der Waals surface area (Å²) in [5, 5.41) is 4.13. The Bertz CT molecular complexity index is 1190. The quantitative estimate of drug-likeness (QED) is 0.438. The van der Waals surface area contributed by atoms with E-state index in [-0.39, 0.29) is 11.4 Å². The minimum Gasteiger partial charge on any atom is -0.364 e. The first kappa shape index (κ1) is 24.2. The summed E-state index contributed by atoms with van der Waals surface area (Å²) in [6, 6.07) is 10.2. The van der Waals surface area contributed by atoms with Gasteiger partial charge >= 0.3 is 0 Å². The van der Waals surface area contributed by atoms with Crippen molar-refractivity contribution in [3.05, 3.63) is 62.0 Å². The third-order valence-electron chi connectivity index (χ3n) is 6.27. The molecule has 0 radical (unpaired) electrons. The molecule has 1 amide bonds. The van der Waals surface area contributed by atoms with E-state index in [9.17, 15) is 4.79 Å². The first-order valence-corrected chi connectivity index (χ1v) is 12.7. The number of nitrogens with zero attached hydrogens (tertiary/aromatic N) is 2. The highest BCUT2D eigenvalue weighted by Gasteiger charge is 2.38. The molecule has 0 saturated carbocycles. The van der Waals surface area contributed by atoms with Crippen molar-refractivity contribution in [2.75, 3.05) is 4.90 Å².